The van der Waals surface area contributed by atoms with Gasteiger partial charge in [0, 0.05) is 5.56 Å². The Kier molecular flexibility index (Phi) is 5.31. The van der Waals surface area contributed by atoms with Crippen molar-refractivity contribution in [3.05, 3.63) is 65.7 Å². The van der Waals surface area contributed by atoms with Gasteiger partial charge >= 0.3 is 0 Å². The molecular formula is C17H20O2. The third-order valence-corrected chi connectivity index (χ3v) is 2.65. The van der Waals surface area contributed by atoms with E-state index >= 15 is 0 Å². The SMILES string of the molecule is CC(C)(C)c1ccccc1O.O=Cc1ccccc1. The minimum Gasteiger partial charge on any atom is -0.508 e. The van der Waals surface area contributed by atoms with Crippen LogP contribution in [0.5, 0.6) is 5.75 Å². The lowest BCUT2D eigenvalue weighted by atomic mass is 9.86. The maximum absolute atomic E-state index is 10.0. The van der Waals surface area contributed by atoms with E-state index in [-0.39, 0.29) is 5.41 Å². The molecule has 100 valence electrons. The molecule has 2 aromatic carbocycles. The molecule has 0 radical (unpaired) electrons. The fourth-order valence-electron chi connectivity index (χ4n) is 1.64. The van der Waals surface area contributed by atoms with Gasteiger partial charge in [-0.05, 0) is 17.0 Å². The summed E-state index contributed by atoms with van der Waals surface area (Å²) in [5.41, 5.74) is 1.76. The van der Waals surface area contributed by atoms with Gasteiger partial charge in [-0.2, -0.15) is 0 Å². The standard InChI is InChI=1S/C10H14O.C7H6O/c1-10(2,3)8-6-4-5-7-9(8)11;8-6-7-4-2-1-3-5-7/h4-7,11H,1-3H3;1-6H. The van der Waals surface area contributed by atoms with Crippen molar-refractivity contribution < 1.29 is 9.90 Å². The molecule has 0 aliphatic carbocycles. The molecule has 2 nitrogen and oxygen atoms in total. The van der Waals surface area contributed by atoms with E-state index in [0.29, 0.717) is 5.75 Å². The predicted molar refractivity (Wildman–Crippen MR) is 78.6 cm³/mol. The Morgan fingerprint density at radius 3 is 1.79 bits per heavy atom. The first-order valence-electron chi connectivity index (χ1n) is 6.24. The molecule has 0 heterocycles. The fraction of sp³-hybridized carbons (Fsp3) is 0.235. The van der Waals surface area contributed by atoms with E-state index in [2.05, 4.69) is 20.8 Å². The number of hydrogen-bond donors (Lipinski definition) is 1. The Labute approximate surface area is 114 Å². The zero-order chi connectivity index (χ0) is 14.3. The van der Waals surface area contributed by atoms with Gasteiger partial charge < -0.3 is 5.11 Å². The van der Waals surface area contributed by atoms with E-state index in [1.54, 1.807) is 18.2 Å². The third-order valence-electron chi connectivity index (χ3n) is 2.65. The second-order valence-electron chi connectivity index (χ2n) is 5.30. The van der Waals surface area contributed by atoms with Crippen molar-refractivity contribution in [3.8, 4) is 5.75 Å². The zero-order valence-electron chi connectivity index (χ0n) is 11.6. The van der Waals surface area contributed by atoms with E-state index < -0.39 is 0 Å². The van der Waals surface area contributed by atoms with Gasteiger partial charge in [-0.25, -0.2) is 0 Å². The van der Waals surface area contributed by atoms with Gasteiger partial charge in [-0.1, -0.05) is 69.3 Å². The molecule has 0 fully saturated rings. The highest BCUT2D eigenvalue weighted by molar-refractivity contribution is 5.74. The number of hydrogen-bond acceptors (Lipinski definition) is 2. The first kappa shape index (κ1) is 15.0. The Balaban J connectivity index is 0.000000200. The highest BCUT2D eigenvalue weighted by Crippen LogP contribution is 2.29. The van der Waals surface area contributed by atoms with E-state index in [4.69, 9.17) is 0 Å². The van der Waals surface area contributed by atoms with Gasteiger partial charge in [-0.15, -0.1) is 0 Å². The largest absolute Gasteiger partial charge is 0.508 e. The van der Waals surface area contributed by atoms with Gasteiger partial charge in [0.25, 0.3) is 0 Å². The van der Waals surface area contributed by atoms with Crippen LogP contribution in [-0.4, -0.2) is 11.4 Å². The highest BCUT2D eigenvalue weighted by Gasteiger charge is 2.16. The number of carbonyl (C=O) groups excluding carboxylic acids is 1. The van der Waals surface area contributed by atoms with Crippen LogP contribution < -0.4 is 0 Å². The van der Waals surface area contributed by atoms with Gasteiger partial charge in [0.15, 0.2) is 0 Å². The zero-order valence-corrected chi connectivity index (χ0v) is 11.6. The van der Waals surface area contributed by atoms with Crippen LogP contribution in [0.1, 0.15) is 36.7 Å². The summed E-state index contributed by atoms with van der Waals surface area (Å²) in [5.74, 6) is 0.389. The van der Waals surface area contributed by atoms with Gasteiger partial charge in [0.2, 0.25) is 0 Å². The van der Waals surface area contributed by atoms with Crippen LogP contribution in [0.3, 0.4) is 0 Å². The van der Waals surface area contributed by atoms with Crippen LogP contribution >= 0.6 is 0 Å². The minimum atomic E-state index is 0.0331. The molecule has 0 amide bonds. The molecule has 1 N–H and O–H groups in total. The third kappa shape index (κ3) is 4.96. The summed E-state index contributed by atoms with van der Waals surface area (Å²) in [6.45, 7) is 6.26. The minimum absolute atomic E-state index is 0.0331. The maximum Gasteiger partial charge on any atom is 0.150 e. The second kappa shape index (κ2) is 6.74. The molecular weight excluding hydrogens is 236 g/mol. The van der Waals surface area contributed by atoms with Crippen LogP contribution in [0.2, 0.25) is 0 Å². The maximum atomic E-state index is 10.0. The van der Waals surface area contributed by atoms with Crippen molar-refractivity contribution in [2.24, 2.45) is 0 Å². The molecule has 0 spiro atoms. The van der Waals surface area contributed by atoms with Gasteiger partial charge in [-0.3, -0.25) is 4.79 Å². The molecule has 0 saturated carbocycles. The molecule has 0 unspecified atom stereocenters. The molecule has 2 heteroatoms. The van der Waals surface area contributed by atoms with Crippen molar-refractivity contribution in [2.75, 3.05) is 0 Å². The molecule has 0 aliphatic rings. The van der Waals surface area contributed by atoms with Gasteiger partial charge in [0.05, 0.1) is 0 Å². The quantitative estimate of drug-likeness (QED) is 0.777. The molecule has 0 aromatic heterocycles. The number of para-hydroxylation sites is 1. The second-order valence-corrected chi connectivity index (χ2v) is 5.30. The molecule has 2 rings (SSSR count). The smallest absolute Gasteiger partial charge is 0.150 e. The average Bonchev–Trinajstić information content (AvgIpc) is 2.39. The molecule has 0 aliphatic heterocycles. The van der Waals surface area contributed by atoms with E-state index in [0.717, 1.165) is 17.4 Å². The number of aldehydes is 1. The predicted octanol–water partition coefficient (Wildman–Crippen LogP) is 4.19. The lowest BCUT2D eigenvalue weighted by molar-refractivity contribution is 0.112. The van der Waals surface area contributed by atoms with Crippen LogP contribution in [0.25, 0.3) is 0 Å². The van der Waals surface area contributed by atoms with E-state index in [1.165, 1.54) is 0 Å². The summed E-state index contributed by atoms with van der Waals surface area (Å²) >= 11 is 0. The van der Waals surface area contributed by atoms with Crippen molar-refractivity contribution in [1.82, 2.24) is 0 Å². The van der Waals surface area contributed by atoms with Crippen LogP contribution in [0.15, 0.2) is 54.6 Å². The summed E-state index contributed by atoms with van der Waals surface area (Å²) in [5, 5.41) is 9.45. The lowest BCUT2D eigenvalue weighted by Crippen LogP contribution is -2.10. The lowest BCUT2D eigenvalue weighted by Gasteiger charge is -2.19. The summed E-state index contributed by atoms with van der Waals surface area (Å²) in [6.07, 6.45) is 0.833. The Morgan fingerprint density at radius 1 is 0.895 bits per heavy atom. The highest BCUT2D eigenvalue weighted by atomic mass is 16.3. The topological polar surface area (TPSA) is 37.3 Å². The Bertz CT molecular complexity index is 510. The number of carbonyl (C=O) groups is 1. The van der Waals surface area contributed by atoms with Crippen molar-refractivity contribution in [3.63, 3.8) is 0 Å². The summed E-state index contributed by atoms with van der Waals surface area (Å²) in [6, 6.07) is 16.6. The van der Waals surface area contributed by atoms with Crippen molar-refractivity contribution in [1.29, 1.82) is 0 Å². The molecule has 19 heavy (non-hydrogen) atoms. The normalized spacial score (nSPS) is 10.3. The number of aromatic hydroxyl groups is 1. The summed E-state index contributed by atoms with van der Waals surface area (Å²) in [7, 11) is 0. The number of benzene rings is 2. The van der Waals surface area contributed by atoms with Gasteiger partial charge in [0.1, 0.15) is 12.0 Å². The molecule has 2 aromatic rings. The first-order valence-corrected chi connectivity index (χ1v) is 6.24. The first-order chi connectivity index (χ1) is 8.95. The summed E-state index contributed by atoms with van der Waals surface area (Å²) in [4.78, 5) is 10.0. The van der Waals surface area contributed by atoms with Crippen LogP contribution in [0.4, 0.5) is 0 Å². The monoisotopic (exact) mass is 256 g/mol. The van der Waals surface area contributed by atoms with E-state index in [9.17, 15) is 9.90 Å². The number of phenolic OH excluding ortho intramolecular Hbond substituents is 1. The number of rotatable bonds is 1. The van der Waals surface area contributed by atoms with Crippen LogP contribution in [0, 0.1) is 0 Å². The Morgan fingerprint density at radius 2 is 1.42 bits per heavy atom. The fourth-order valence-corrected chi connectivity index (χ4v) is 1.64. The average molecular weight is 256 g/mol. The summed E-state index contributed by atoms with van der Waals surface area (Å²) < 4.78 is 0. The van der Waals surface area contributed by atoms with Crippen molar-refractivity contribution in [2.45, 2.75) is 26.2 Å². The Hall–Kier alpha value is -2.09. The molecule has 0 saturated heterocycles. The number of phenols is 1. The van der Waals surface area contributed by atoms with E-state index in [1.807, 2.05) is 36.4 Å². The van der Waals surface area contributed by atoms with Crippen molar-refractivity contribution >= 4 is 6.29 Å². The molecule has 0 atom stereocenters. The van der Waals surface area contributed by atoms with Crippen LogP contribution in [-0.2, 0) is 5.41 Å². The molecule has 0 bridgehead atoms.